The number of aromatic nitrogens is 1. The van der Waals surface area contributed by atoms with E-state index in [1.807, 2.05) is 0 Å². The van der Waals surface area contributed by atoms with Gasteiger partial charge in [-0.25, -0.2) is 13.1 Å². The number of carbonyl (C=O) groups excluding carboxylic acids is 2. The minimum Gasteiger partial charge on any atom is -0.349 e. The molecule has 0 spiro atoms. The van der Waals surface area contributed by atoms with Crippen LogP contribution in [-0.2, 0) is 21.2 Å². The zero-order valence-corrected chi connectivity index (χ0v) is 14.7. The van der Waals surface area contributed by atoms with Crippen LogP contribution in [-0.4, -0.2) is 38.3 Å². The summed E-state index contributed by atoms with van der Waals surface area (Å²) in [5, 5.41) is 5.31. The summed E-state index contributed by atoms with van der Waals surface area (Å²) in [5.74, 6) is -0.441. The number of nitrogens with zero attached hydrogens (tertiary/aromatic N) is 1. The van der Waals surface area contributed by atoms with Crippen molar-refractivity contribution in [1.82, 2.24) is 15.0 Å². The Balaban J connectivity index is 1.56. The Morgan fingerprint density at radius 3 is 2.77 bits per heavy atom. The van der Waals surface area contributed by atoms with E-state index in [0.717, 1.165) is 5.56 Å². The molecule has 2 heterocycles. The highest BCUT2D eigenvalue weighted by Gasteiger charge is 2.19. The van der Waals surface area contributed by atoms with Crippen molar-refractivity contribution in [2.45, 2.75) is 17.7 Å². The number of hydrogen-bond donors (Lipinski definition) is 3. The van der Waals surface area contributed by atoms with E-state index in [0.29, 0.717) is 18.5 Å². The zero-order valence-electron chi connectivity index (χ0n) is 13.9. The standard InChI is InChI=1S/C17H18N4O4S/c22-16-7-4-12-11-13(5-6-14(12)21-16)26(24,25)20-10-9-19-17(23)15-3-1-2-8-18-15/h1-3,5-6,8,11,20H,4,7,9-10H2,(H,19,23)(H,21,22). The smallest absolute Gasteiger partial charge is 0.269 e. The predicted molar refractivity (Wildman–Crippen MR) is 95.2 cm³/mol. The third-order valence-corrected chi connectivity index (χ3v) is 5.34. The van der Waals surface area contributed by atoms with Crippen LogP contribution in [0.4, 0.5) is 5.69 Å². The Kier molecular flexibility index (Phi) is 5.29. The van der Waals surface area contributed by atoms with Crippen LogP contribution in [0.1, 0.15) is 22.5 Å². The van der Waals surface area contributed by atoms with E-state index in [1.54, 1.807) is 30.3 Å². The summed E-state index contributed by atoms with van der Waals surface area (Å²) in [6.45, 7) is 0.185. The van der Waals surface area contributed by atoms with E-state index in [1.165, 1.54) is 12.3 Å². The zero-order chi connectivity index (χ0) is 18.6. The van der Waals surface area contributed by atoms with Crippen LogP contribution >= 0.6 is 0 Å². The first-order valence-corrected chi connectivity index (χ1v) is 9.56. The molecule has 0 fully saturated rings. The van der Waals surface area contributed by atoms with Gasteiger partial charge in [-0.1, -0.05) is 6.07 Å². The second-order valence-electron chi connectivity index (χ2n) is 5.74. The van der Waals surface area contributed by atoms with Gasteiger partial charge in [-0.15, -0.1) is 0 Å². The van der Waals surface area contributed by atoms with Crippen LogP contribution in [0.25, 0.3) is 0 Å². The number of hydrogen-bond acceptors (Lipinski definition) is 5. The summed E-state index contributed by atoms with van der Waals surface area (Å²) in [6, 6.07) is 9.57. The predicted octanol–water partition coefficient (Wildman–Crippen LogP) is 0.675. The van der Waals surface area contributed by atoms with Crippen molar-refractivity contribution >= 4 is 27.5 Å². The number of aryl methyl sites for hydroxylation is 1. The van der Waals surface area contributed by atoms with E-state index in [4.69, 9.17) is 0 Å². The Hall–Kier alpha value is -2.78. The molecule has 1 aromatic heterocycles. The van der Waals surface area contributed by atoms with Gasteiger partial charge in [0.25, 0.3) is 5.91 Å². The lowest BCUT2D eigenvalue weighted by Crippen LogP contribution is -2.35. The molecule has 26 heavy (non-hydrogen) atoms. The molecule has 136 valence electrons. The summed E-state index contributed by atoms with van der Waals surface area (Å²) < 4.78 is 27.2. The fourth-order valence-electron chi connectivity index (χ4n) is 2.56. The third kappa shape index (κ3) is 4.24. The lowest BCUT2D eigenvalue weighted by molar-refractivity contribution is -0.116. The van der Waals surface area contributed by atoms with E-state index < -0.39 is 10.0 Å². The second kappa shape index (κ2) is 7.63. The largest absolute Gasteiger partial charge is 0.349 e. The molecule has 1 aromatic carbocycles. The molecule has 0 bridgehead atoms. The van der Waals surface area contributed by atoms with Crippen LogP contribution in [0.15, 0.2) is 47.5 Å². The normalized spacial score (nSPS) is 13.6. The molecule has 0 saturated carbocycles. The molecule has 1 aliphatic heterocycles. The van der Waals surface area contributed by atoms with Crippen molar-refractivity contribution in [3.05, 3.63) is 53.9 Å². The minimum absolute atomic E-state index is 0.0503. The molecule has 3 N–H and O–H groups in total. The number of nitrogens with one attached hydrogen (secondary N) is 3. The Morgan fingerprint density at radius 2 is 2.00 bits per heavy atom. The topological polar surface area (TPSA) is 117 Å². The van der Waals surface area contributed by atoms with Crippen LogP contribution in [0.3, 0.4) is 0 Å². The lowest BCUT2D eigenvalue weighted by Gasteiger charge is -2.17. The van der Waals surface area contributed by atoms with Gasteiger partial charge in [-0.05, 0) is 42.3 Å². The minimum atomic E-state index is -3.70. The maximum absolute atomic E-state index is 12.4. The van der Waals surface area contributed by atoms with Gasteiger partial charge in [0, 0.05) is 31.4 Å². The summed E-state index contributed by atoms with van der Waals surface area (Å²) in [4.78, 5) is 27.2. The van der Waals surface area contributed by atoms with Crippen molar-refractivity contribution in [1.29, 1.82) is 0 Å². The number of sulfonamides is 1. The lowest BCUT2D eigenvalue weighted by atomic mass is 10.0. The number of carbonyl (C=O) groups is 2. The summed E-state index contributed by atoms with van der Waals surface area (Å²) in [5.41, 5.74) is 1.70. The summed E-state index contributed by atoms with van der Waals surface area (Å²) >= 11 is 0. The van der Waals surface area contributed by atoms with E-state index in [2.05, 4.69) is 20.3 Å². The average Bonchev–Trinajstić information content (AvgIpc) is 2.65. The first-order chi connectivity index (χ1) is 12.5. The molecule has 0 radical (unpaired) electrons. The van der Waals surface area contributed by atoms with Crippen molar-refractivity contribution in [2.75, 3.05) is 18.4 Å². The van der Waals surface area contributed by atoms with E-state index >= 15 is 0 Å². The van der Waals surface area contributed by atoms with Crippen LogP contribution in [0.5, 0.6) is 0 Å². The fraction of sp³-hybridized carbons (Fsp3) is 0.235. The quantitative estimate of drug-likeness (QED) is 0.643. The maximum atomic E-state index is 12.4. The van der Waals surface area contributed by atoms with Crippen LogP contribution < -0.4 is 15.4 Å². The van der Waals surface area contributed by atoms with Crippen molar-refractivity contribution < 1.29 is 18.0 Å². The van der Waals surface area contributed by atoms with Gasteiger partial charge >= 0.3 is 0 Å². The second-order valence-corrected chi connectivity index (χ2v) is 7.50. The molecule has 8 nitrogen and oxygen atoms in total. The molecule has 2 amide bonds. The highest BCUT2D eigenvalue weighted by Crippen LogP contribution is 2.25. The number of fused-ring (bicyclic) bond motifs is 1. The molecule has 9 heteroatoms. The maximum Gasteiger partial charge on any atom is 0.269 e. The molecule has 3 rings (SSSR count). The van der Waals surface area contributed by atoms with Gasteiger partial charge in [0.05, 0.1) is 4.90 Å². The third-order valence-electron chi connectivity index (χ3n) is 3.88. The molecule has 1 aliphatic rings. The SMILES string of the molecule is O=C1CCc2cc(S(=O)(=O)NCCNC(=O)c3ccccn3)ccc2N1. The first-order valence-electron chi connectivity index (χ1n) is 8.07. The van der Waals surface area contributed by atoms with Crippen LogP contribution in [0.2, 0.25) is 0 Å². The van der Waals surface area contributed by atoms with Crippen LogP contribution in [0, 0.1) is 0 Å². The number of pyridine rings is 1. The number of amides is 2. The van der Waals surface area contributed by atoms with E-state index in [9.17, 15) is 18.0 Å². The summed E-state index contributed by atoms with van der Waals surface area (Å²) in [6.07, 6.45) is 2.35. The Labute approximate surface area is 151 Å². The molecule has 0 unspecified atom stereocenters. The summed E-state index contributed by atoms with van der Waals surface area (Å²) in [7, 11) is -3.70. The van der Waals surface area contributed by atoms with Gasteiger partial charge < -0.3 is 10.6 Å². The van der Waals surface area contributed by atoms with Gasteiger partial charge in [0.15, 0.2) is 0 Å². The molecule has 0 saturated heterocycles. The van der Waals surface area contributed by atoms with Crippen molar-refractivity contribution in [2.24, 2.45) is 0 Å². The Morgan fingerprint density at radius 1 is 1.15 bits per heavy atom. The average molecular weight is 374 g/mol. The van der Waals surface area contributed by atoms with Crippen molar-refractivity contribution in [3.8, 4) is 0 Å². The number of rotatable bonds is 6. The van der Waals surface area contributed by atoms with E-state index in [-0.39, 0.29) is 35.5 Å². The fourth-order valence-corrected chi connectivity index (χ4v) is 3.64. The monoisotopic (exact) mass is 374 g/mol. The van der Waals surface area contributed by atoms with Gasteiger partial charge in [0.1, 0.15) is 5.69 Å². The highest BCUT2D eigenvalue weighted by atomic mass is 32.2. The van der Waals surface area contributed by atoms with Gasteiger partial charge in [-0.2, -0.15) is 0 Å². The highest BCUT2D eigenvalue weighted by molar-refractivity contribution is 7.89. The molecule has 2 aromatic rings. The Bertz CT molecular complexity index is 929. The van der Waals surface area contributed by atoms with Crippen molar-refractivity contribution in [3.63, 3.8) is 0 Å². The van der Waals surface area contributed by atoms with Gasteiger partial charge in [0.2, 0.25) is 15.9 Å². The van der Waals surface area contributed by atoms with Gasteiger partial charge in [-0.3, -0.25) is 14.6 Å². The number of anilines is 1. The number of benzene rings is 1. The molecule has 0 atom stereocenters. The first kappa shape index (κ1) is 18.0. The molecular formula is C17H18N4O4S. The molecule has 0 aliphatic carbocycles. The molecular weight excluding hydrogens is 356 g/mol.